The summed E-state index contributed by atoms with van der Waals surface area (Å²) in [4.78, 5) is 23.5. The zero-order chi connectivity index (χ0) is 31.2. The number of methoxy groups -OCH3 is 2. The minimum Gasteiger partial charge on any atom is -0.493 e. The van der Waals surface area contributed by atoms with Gasteiger partial charge < -0.3 is 19.3 Å². The van der Waals surface area contributed by atoms with Crippen molar-refractivity contribution < 1.29 is 54.9 Å². The average Bonchev–Trinajstić information content (AvgIpc) is 3.73. The quantitative estimate of drug-likeness (QED) is 0.398. The summed E-state index contributed by atoms with van der Waals surface area (Å²) in [5.74, 6) is -2.56. The molecule has 0 radical (unpaired) electrons. The number of nitrogens with zero attached hydrogens (tertiary/aromatic N) is 1. The molecule has 2 fully saturated rings. The van der Waals surface area contributed by atoms with Gasteiger partial charge in [-0.2, -0.15) is 13.2 Å². The number of amides is 1. The van der Waals surface area contributed by atoms with Gasteiger partial charge in [-0.05, 0) is 67.5 Å². The highest BCUT2D eigenvalue weighted by molar-refractivity contribution is 7.89. The maximum absolute atomic E-state index is 14.8. The highest BCUT2D eigenvalue weighted by Gasteiger charge is 2.38. The summed E-state index contributed by atoms with van der Waals surface area (Å²) in [6.45, 7) is 2.31. The van der Waals surface area contributed by atoms with Gasteiger partial charge in [-0.3, -0.25) is 9.69 Å². The summed E-state index contributed by atoms with van der Waals surface area (Å²) in [5.41, 5.74) is 1.56. The van der Waals surface area contributed by atoms with E-state index >= 15 is 0 Å². The van der Waals surface area contributed by atoms with Crippen LogP contribution in [0.5, 0.6) is 17.2 Å². The first-order chi connectivity index (χ1) is 19.6. The molecule has 2 N–H and O–H groups in total. The standard InChI is InChI=1S/C25H31FN2O6S.C2HF3O2/c1-32-22-9-6-16(11-24(22)33-2)14-28-10-4-5-18(15-28)34-23-13-21(26)20(12-19(23)17-7-8-17)25(29)27-35(3,30)31;3-2(4,5)1(6)7/h6,9,11-13,17-18H,4-5,7-8,10,14-15H2,1-3H3,(H,27,29);(H,6,7)/t18-;/m1./s1. The number of ether oxygens (including phenoxy) is 3. The average molecular weight is 621 g/mol. The second-order valence-corrected chi connectivity index (χ2v) is 11.7. The molecule has 15 heteroatoms. The molecule has 0 spiro atoms. The van der Waals surface area contributed by atoms with Crippen LogP contribution in [0.2, 0.25) is 0 Å². The number of aliphatic carboxylic acids is 1. The van der Waals surface area contributed by atoms with Crippen molar-refractivity contribution in [2.24, 2.45) is 0 Å². The molecule has 1 saturated carbocycles. The van der Waals surface area contributed by atoms with E-state index in [1.54, 1.807) is 14.2 Å². The van der Waals surface area contributed by atoms with Crippen molar-refractivity contribution in [3.8, 4) is 17.2 Å². The first-order valence-corrected chi connectivity index (χ1v) is 14.8. The molecule has 10 nitrogen and oxygen atoms in total. The lowest BCUT2D eigenvalue weighted by atomic mass is 10.0. The van der Waals surface area contributed by atoms with E-state index < -0.39 is 33.9 Å². The van der Waals surface area contributed by atoms with Gasteiger partial charge in [-0.25, -0.2) is 22.3 Å². The van der Waals surface area contributed by atoms with Crippen molar-refractivity contribution in [2.45, 2.75) is 50.4 Å². The Bertz CT molecular complexity index is 1400. The van der Waals surface area contributed by atoms with E-state index in [2.05, 4.69) is 4.90 Å². The second-order valence-electron chi connectivity index (χ2n) is 9.96. The third-order valence-electron chi connectivity index (χ3n) is 6.49. The topological polar surface area (TPSA) is 131 Å². The fraction of sp³-hybridized carbons (Fsp3) is 0.481. The molecule has 4 rings (SSSR count). The van der Waals surface area contributed by atoms with Gasteiger partial charge in [0, 0.05) is 19.2 Å². The predicted octanol–water partition coefficient (Wildman–Crippen LogP) is 4.09. The Morgan fingerprint density at radius 2 is 1.69 bits per heavy atom. The largest absolute Gasteiger partial charge is 0.493 e. The normalized spacial score (nSPS) is 17.5. The fourth-order valence-electron chi connectivity index (χ4n) is 4.45. The van der Waals surface area contributed by atoms with E-state index in [1.165, 1.54) is 12.1 Å². The molecule has 2 aromatic rings. The third-order valence-corrected chi connectivity index (χ3v) is 7.05. The molecule has 0 aromatic heterocycles. The van der Waals surface area contributed by atoms with E-state index in [0.717, 1.165) is 49.6 Å². The Labute approximate surface area is 240 Å². The molecule has 0 bridgehead atoms. The van der Waals surface area contributed by atoms with Crippen LogP contribution in [0, 0.1) is 5.82 Å². The van der Waals surface area contributed by atoms with Crippen LogP contribution in [-0.2, 0) is 21.4 Å². The number of piperidine rings is 1. The smallest absolute Gasteiger partial charge is 0.490 e. The minimum absolute atomic E-state index is 0.128. The number of nitrogens with one attached hydrogen (secondary N) is 1. The van der Waals surface area contributed by atoms with Crippen LogP contribution < -0.4 is 18.9 Å². The van der Waals surface area contributed by atoms with Crippen molar-refractivity contribution in [1.82, 2.24) is 9.62 Å². The minimum atomic E-state index is -5.08. The summed E-state index contributed by atoms with van der Waals surface area (Å²) in [6, 6.07) is 8.51. The molecule has 42 heavy (non-hydrogen) atoms. The van der Waals surface area contributed by atoms with Gasteiger partial charge in [0.2, 0.25) is 10.0 Å². The maximum Gasteiger partial charge on any atom is 0.490 e. The van der Waals surface area contributed by atoms with Gasteiger partial charge in [0.1, 0.15) is 17.7 Å². The number of carboxylic acids is 1. The number of carbonyl (C=O) groups is 2. The molecular formula is C27H32F4N2O8S. The molecule has 1 heterocycles. The fourth-order valence-corrected chi connectivity index (χ4v) is 4.90. The number of rotatable bonds is 9. The summed E-state index contributed by atoms with van der Waals surface area (Å²) >= 11 is 0. The molecule has 1 aliphatic heterocycles. The van der Waals surface area contributed by atoms with Crippen molar-refractivity contribution in [2.75, 3.05) is 33.6 Å². The third kappa shape index (κ3) is 9.48. The second kappa shape index (κ2) is 13.6. The van der Waals surface area contributed by atoms with Gasteiger partial charge in [-0.1, -0.05) is 6.07 Å². The van der Waals surface area contributed by atoms with Crippen LogP contribution in [0.25, 0.3) is 0 Å². The molecule has 1 atom stereocenters. The molecule has 0 unspecified atom stereocenters. The number of alkyl halides is 3. The number of hydrogen-bond donors (Lipinski definition) is 2. The Hall–Kier alpha value is -3.59. The van der Waals surface area contributed by atoms with Gasteiger partial charge in [0.25, 0.3) is 5.91 Å². The van der Waals surface area contributed by atoms with Gasteiger partial charge in [-0.15, -0.1) is 0 Å². The van der Waals surface area contributed by atoms with E-state index in [1.807, 2.05) is 22.9 Å². The molecule has 2 aliphatic rings. The first-order valence-electron chi connectivity index (χ1n) is 12.9. The number of benzene rings is 2. The Morgan fingerprint density at radius 1 is 1.05 bits per heavy atom. The van der Waals surface area contributed by atoms with E-state index in [0.29, 0.717) is 30.3 Å². The zero-order valence-electron chi connectivity index (χ0n) is 23.2. The number of halogens is 4. The molecule has 1 aliphatic carbocycles. The summed E-state index contributed by atoms with van der Waals surface area (Å²) < 4.78 is 88.2. The lowest BCUT2D eigenvalue weighted by Crippen LogP contribution is -2.40. The van der Waals surface area contributed by atoms with Crippen LogP contribution in [0.15, 0.2) is 30.3 Å². The van der Waals surface area contributed by atoms with E-state index in [9.17, 15) is 30.8 Å². The molecule has 1 amide bonds. The number of carbonyl (C=O) groups excluding carboxylic acids is 1. The van der Waals surface area contributed by atoms with Gasteiger partial charge in [0.05, 0.1) is 26.0 Å². The Morgan fingerprint density at radius 3 is 2.24 bits per heavy atom. The van der Waals surface area contributed by atoms with Crippen molar-refractivity contribution in [3.05, 3.63) is 52.8 Å². The van der Waals surface area contributed by atoms with Crippen molar-refractivity contribution in [3.63, 3.8) is 0 Å². The van der Waals surface area contributed by atoms with Crippen LogP contribution in [-0.4, -0.2) is 76.1 Å². The van der Waals surface area contributed by atoms with Crippen LogP contribution in [0.3, 0.4) is 0 Å². The van der Waals surface area contributed by atoms with E-state index in [4.69, 9.17) is 24.1 Å². The Kier molecular flexibility index (Phi) is 10.7. The Balaban J connectivity index is 0.000000616. The van der Waals surface area contributed by atoms with Gasteiger partial charge in [0.15, 0.2) is 11.5 Å². The maximum atomic E-state index is 14.8. The van der Waals surface area contributed by atoms with Crippen LogP contribution in [0.1, 0.15) is 53.1 Å². The SMILES string of the molecule is COc1ccc(CN2CCC[C@@H](Oc3cc(F)c(C(=O)NS(C)(=O)=O)cc3C3CC3)C2)cc1OC.O=C(O)C(F)(F)F. The number of carboxylic acid groups (broad SMARTS) is 1. The highest BCUT2D eigenvalue weighted by Crippen LogP contribution is 2.45. The lowest BCUT2D eigenvalue weighted by Gasteiger charge is -2.33. The molecular weight excluding hydrogens is 588 g/mol. The van der Waals surface area contributed by atoms with Crippen LogP contribution >= 0.6 is 0 Å². The number of hydrogen-bond acceptors (Lipinski definition) is 8. The zero-order valence-corrected chi connectivity index (χ0v) is 24.0. The number of likely N-dealkylation sites (tertiary alicyclic amines) is 1. The first kappa shape index (κ1) is 32.9. The molecule has 2 aromatic carbocycles. The van der Waals surface area contributed by atoms with Gasteiger partial charge >= 0.3 is 12.1 Å². The highest BCUT2D eigenvalue weighted by atomic mass is 32.2. The van der Waals surface area contributed by atoms with E-state index in [-0.39, 0.29) is 17.6 Å². The van der Waals surface area contributed by atoms with Crippen molar-refractivity contribution in [1.29, 1.82) is 0 Å². The summed E-state index contributed by atoms with van der Waals surface area (Å²) in [7, 11) is -0.582. The molecule has 232 valence electrons. The summed E-state index contributed by atoms with van der Waals surface area (Å²) in [5, 5.41) is 7.12. The molecule has 1 saturated heterocycles. The number of sulfonamides is 1. The predicted molar refractivity (Wildman–Crippen MR) is 143 cm³/mol. The van der Waals surface area contributed by atoms with Crippen LogP contribution in [0.4, 0.5) is 17.6 Å². The monoisotopic (exact) mass is 620 g/mol. The summed E-state index contributed by atoms with van der Waals surface area (Å²) in [6.07, 6.45) is -0.732. The lowest BCUT2D eigenvalue weighted by molar-refractivity contribution is -0.192. The van der Waals surface area contributed by atoms with Crippen molar-refractivity contribution >= 4 is 21.9 Å².